The third-order valence-corrected chi connectivity index (χ3v) is 8.40. The molecule has 6 heteroatoms. The normalized spacial score (nSPS) is 21.5. The molecule has 0 saturated carbocycles. The topological polar surface area (TPSA) is 58.2 Å². The van der Waals surface area contributed by atoms with Crippen LogP contribution in [0.25, 0.3) is 0 Å². The van der Waals surface area contributed by atoms with Gasteiger partial charge in [0, 0.05) is 16.1 Å². The lowest BCUT2D eigenvalue weighted by atomic mass is 9.77. The van der Waals surface area contributed by atoms with Crippen molar-refractivity contribution in [3.63, 3.8) is 0 Å². The lowest BCUT2D eigenvalue weighted by Gasteiger charge is -2.37. The van der Waals surface area contributed by atoms with E-state index in [-0.39, 0.29) is 12.0 Å². The second kappa shape index (κ2) is 8.09. The van der Waals surface area contributed by atoms with Crippen LogP contribution in [0.2, 0.25) is 0 Å². The molecule has 2 aliphatic rings. The molecule has 32 heavy (non-hydrogen) atoms. The van der Waals surface area contributed by atoms with E-state index in [1.807, 2.05) is 44.2 Å². The molecule has 0 radical (unpaired) electrons. The van der Waals surface area contributed by atoms with Gasteiger partial charge in [-0.15, -0.1) is 0 Å². The largest absolute Gasteiger partial charge is 0.378 e. The summed E-state index contributed by atoms with van der Waals surface area (Å²) in [6.45, 7) is 3.86. The number of hydrogen-bond donors (Lipinski definition) is 2. The van der Waals surface area contributed by atoms with Crippen molar-refractivity contribution in [1.82, 2.24) is 0 Å². The summed E-state index contributed by atoms with van der Waals surface area (Å²) in [5.41, 5.74) is 5.81. The summed E-state index contributed by atoms with van der Waals surface area (Å²) in [6, 6.07) is 19.8. The van der Waals surface area contributed by atoms with Crippen LogP contribution in [0.3, 0.4) is 0 Å². The van der Waals surface area contributed by atoms with E-state index in [9.17, 15) is 8.42 Å². The minimum atomic E-state index is -3.69. The molecule has 164 valence electrons. The number of anilines is 2. The molecule has 1 aliphatic carbocycles. The Balaban J connectivity index is 1.49. The van der Waals surface area contributed by atoms with Crippen molar-refractivity contribution >= 4 is 37.3 Å². The quantitative estimate of drug-likeness (QED) is 0.385. The Morgan fingerprint density at radius 1 is 1.00 bits per heavy atom. The average Bonchev–Trinajstić information content (AvgIpc) is 3.26. The third-order valence-electron chi connectivity index (χ3n) is 6.51. The van der Waals surface area contributed by atoms with Crippen LogP contribution >= 0.6 is 15.9 Å². The van der Waals surface area contributed by atoms with E-state index in [1.165, 1.54) is 5.56 Å². The molecule has 0 amide bonds. The fraction of sp³-hybridized carbons (Fsp3) is 0.231. The molecule has 4 nitrogen and oxygen atoms in total. The highest BCUT2D eigenvalue weighted by Gasteiger charge is 2.38. The smallest absolute Gasteiger partial charge is 0.261 e. The summed E-state index contributed by atoms with van der Waals surface area (Å²) in [5, 5.41) is 3.68. The Hall–Kier alpha value is -2.57. The van der Waals surface area contributed by atoms with E-state index in [2.05, 4.69) is 62.4 Å². The highest BCUT2D eigenvalue weighted by Crippen LogP contribution is 2.50. The van der Waals surface area contributed by atoms with Gasteiger partial charge < -0.3 is 5.32 Å². The molecule has 0 aromatic heterocycles. The van der Waals surface area contributed by atoms with Crippen LogP contribution in [0.5, 0.6) is 0 Å². The molecule has 0 spiro atoms. The number of allylic oxidation sites excluding steroid dienone is 2. The van der Waals surface area contributed by atoms with Crippen molar-refractivity contribution in [3.8, 4) is 0 Å². The van der Waals surface area contributed by atoms with Crippen LogP contribution in [-0.2, 0) is 10.0 Å². The van der Waals surface area contributed by atoms with Gasteiger partial charge in [-0.3, -0.25) is 4.72 Å². The monoisotopic (exact) mass is 508 g/mol. The molecule has 0 fully saturated rings. The van der Waals surface area contributed by atoms with Gasteiger partial charge >= 0.3 is 0 Å². The van der Waals surface area contributed by atoms with Gasteiger partial charge in [-0.25, -0.2) is 8.42 Å². The Morgan fingerprint density at radius 3 is 2.56 bits per heavy atom. The van der Waals surface area contributed by atoms with Gasteiger partial charge in [0.1, 0.15) is 0 Å². The number of fused-ring (bicyclic) bond motifs is 3. The number of benzene rings is 3. The number of aryl methyl sites for hydroxylation is 2. The second-order valence-electron chi connectivity index (χ2n) is 8.70. The average molecular weight is 509 g/mol. The first kappa shape index (κ1) is 21.3. The number of sulfonamides is 1. The second-order valence-corrected chi connectivity index (χ2v) is 11.3. The molecule has 3 aromatic carbocycles. The first-order valence-corrected chi connectivity index (χ1v) is 13.0. The lowest BCUT2D eigenvalue weighted by Crippen LogP contribution is -2.29. The van der Waals surface area contributed by atoms with Crippen LogP contribution in [0, 0.1) is 19.8 Å². The van der Waals surface area contributed by atoms with Crippen molar-refractivity contribution in [2.24, 2.45) is 5.92 Å². The summed E-state index contributed by atoms with van der Waals surface area (Å²) >= 11 is 3.51. The maximum absolute atomic E-state index is 13.2. The number of nitrogens with one attached hydrogen (secondary N) is 2. The maximum atomic E-state index is 13.2. The zero-order valence-electron chi connectivity index (χ0n) is 18.0. The number of hydrogen-bond acceptors (Lipinski definition) is 3. The van der Waals surface area contributed by atoms with Gasteiger partial charge in [0.25, 0.3) is 10.0 Å². The van der Waals surface area contributed by atoms with Gasteiger partial charge in [0.2, 0.25) is 0 Å². The van der Waals surface area contributed by atoms with E-state index in [4.69, 9.17) is 0 Å². The standard InChI is InChI=1S/C26H25BrN2O2S/c1-16-6-7-17(2)25(14-16)29-32(30,31)20-12-13-24-23(15-20)21-4-3-5-22(21)26(28-24)18-8-10-19(27)11-9-18/h3-4,6-15,21-22,26,28-29H,5H2,1-2H3/t21-,22+,26+/m0/s1. The van der Waals surface area contributed by atoms with Crippen molar-refractivity contribution in [2.75, 3.05) is 10.0 Å². The fourth-order valence-corrected chi connectivity index (χ4v) is 6.21. The Labute approximate surface area is 197 Å². The molecule has 3 atom stereocenters. The number of halogens is 1. The van der Waals surface area contributed by atoms with Crippen LogP contribution in [-0.4, -0.2) is 8.42 Å². The van der Waals surface area contributed by atoms with E-state index in [1.54, 1.807) is 6.07 Å². The molecule has 5 rings (SSSR count). The third kappa shape index (κ3) is 3.86. The van der Waals surface area contributed by atoms with Crippen molar-refractivity contribution in [2.45, 2.75) is 37.1 Å². The lowest BCUT2D eigenvalue weighted by molar-refractivity contribution is 0.425. The zero-order valence-corrected chi connectivity index (χ0v) is 20.4. The SMILES string of the molecule is Cc1ccc(C)c(NS(=O)(=O)c2ccc3c(c2)[C@H]2C=CC[C@H]2[C@@H](c2ccc(Br)cc2)N3)c1. The summed E-state index contributed by atoms with van der Waals surface area (Å²) in [6.07, 6.45) is 5.41. The molecule has 0 unspecified atom stereocenters. The first-order valence-electron chi connectivity index (χ1n) is 10.7. The Morgan fingerprint density at radius 2 is 1.78 bits per heavy atom. The molecule has 0 bridgehead atoms. The predicted molar refractivity (Wildman–Crippen MR) is 134 cm³/mol. The maximum Gasteiger partial charge on any atom is 0.261 e. The summed E-state index contributed by atoms with van der Waals surface area (Å²) in [7, 11) is -3.69. The zero-order chi connectivity index (χ0) is 22.5. The fourth-order valence-electron chi connectivity index (χ4n) is 4.79. The van der Waals surface area contributed by atoms with Gasteiger partial charge in [-0.2, -0.15) is 0 Å². The Kier molecular flexibility index (Phi) is 5.38. The Bertz CT molecular complexity index is 1320. The summed E-state index contributed by atoms with van der Waals surface area (Å²) in [4.78, 5) is 0.292. The molecule has 0 saturated heterocycles. The van der Waals surface area contributed by atoms with Gasteiger partial charge in [-0.1, -0.05) is 52.3 Å². The molecule has 2 N–H and O–H groups in total. The minimum absolute atomic E-state index is 0.186. The van der Waals surface area contributed by atoms with E-state index >= 15 is 0 Å². The van der Waals surface area contributed by atoms with Crippen LogP contribution in [0.15, 0.2) is 82.2 Å². The van der Waals surface area contributed by atoms with Crippen LogP contribution in [0.1, 0.15) is 40.6 Å². The highest BCUT2D eigenvalue weighted by atomic mass is 79.9. The highest BCUT2D eigenvalue weighted by molar-refractivity contribution is 9.10. The van der Waals surface area contributed by atoms with Crippen molar-refractivity contribution in [1.29, 1.82) is 0 Å². The molecule has 1 heterocycles. The van der Waals surface area contributed by atoms with Crippen molar-refractivity contribution < 1.29 is 8.42 Å². The van der Waals surface area contributed by atoms with Gasteiger partial charge in [-0.05, 0) is 84.8 Å². The van der Waals surface area contributed by atoms with Crippen LogP contribution in [0.4, 0.5) is 11.4 Å². The number of rotatable bonds is 4. The summed E-state index contributed by atoms with van der Waals surface area (Å²) in [5.74, 6) is 0.546. The molecule has 3 aromatic rings. The molecular weight excluding hydrogens is 484 g/mol. The van der Waals surface area contributed by atoms with E-state index in [0.717, 1.165) is 33.3 Å². The van der Waals surface area contributed by atoms with E-state index < -0.39 is 10.0 Å². The first-order chi connectivity index (χ1) is 15.3. The molecular formula is C26H25BrN2O2S. The van der Waals surface area contributed by atoms with Crippen LogP contribution < -0.4 is 10.0 Å². The van der Waals surface area contributed by atoms with Crippen molar-refractivity contribution in [3.05, 3.63) is 99.5 Å². The summed E-state index contributed by atoms with van der Waals surface area (Å²) < 4.78 is 30.3. The van der Waals surface area contributed by atoms with Gasteiger partial charge in [0.05, 0.1) is 16.6 Å². The molecule has 1 aliphatic heterocycles. The van der Waals surface area contributed by atoms with E-state index in [0.29, 0.717) is 16.5 Å². The van der Waals surface area contributed by atoms with Gasteiger partial charge in [0.15, 0.2) is 0 Å². The minimum Gasteiger partial charge on any atom is -0.378 e. The predicted octanol–water partition coefficient (Wildman–Crippen LogP) is 6.69.